The van der Waals surface area contributed by atoms with Gasteiger partial charge < -0.3 is 15.0 Å². The molecule has 2 N–H and O–H groups in total. The van der Waals surface area contributed by atoms with Crippen molar-refractivity contribution in [2.45, 2.75) is 32.7 Å². The van der Waals surface area contributed by atoms with Crippen molar-refractivity contribution in [3.05, 3.63) is 17.7 Å². The Morgan fingerprint density at radius 3 is 2.88 bits per heavy atom. The number of nitrogens with zero attached hydrogens (tertiary/aromatic N) is 1. The number of aromatic amines is 1. The molecule has 7 heteroatoms. The molecule has 0 spiro atoms. The molecule has 0 fully saturated rings. The van der Waals surface area contributed by atoms with E-state index in [1.807, 2.05) is 0 Å². The molecule has 1 rings (SSSR count). The van der Waals surface area contributed by atoms with Crippen LogP contribution >= 0.6 is 0 Å². The Hall–Kier alpha value is -1.08. The highest BCUT2D eigenvalue weighted by Crippen LogP contribution is 2.15. The number of rotatable bonds is 7. The summed E-state index contributed by atoms with van der Waals surface area (Å²) in [6.07, 6.45) is -1.68. The Bertz CT molecular complexity index is 325. The lowest BCUT2D eigenvalue weighted by molar-refractivity contribution is -0.177. The number of imidazole rings is 1. The van der Waals surface area contributed by atoms with E-state index in [0.29, 0.717) is 12.4 Å². The fourth-order valence-electron chi connectivity index (χ4n) is 1.23. The summed E-state index contributed by atoms with van der Waals surface area (Å²) >= 11 is 0. The Labute approximate surface area is 97.6 Å². The fourth-order valence-corrected chi connectivity index (χ4v) is 1.23. The van der Waals surface area contributed by atoms with Gasteiger partial charge in [0.15, 0.2) is 0 Å². The fraction of sp³-hybridized carbons (Fsp3) is 0.700. The molecule has 0 amide bonds. The molecule has 0 aliphatic rings. The molecule has 4 nitrogen and oxygen atoms in total. The zero-order chi connectivity index (χ0) is 12.7. The Morgan fingerprint density at radius 2 is 2.24 bits per heavy atom. The second-order valence-electron chi connectivity index (χ2n) is 3.64. The number of aromatic nitrogens is 2. The van der Waals surface area contributed by atoms with E-state index in [9.17, 15) is 13.2 Å². The van der Waals surface area contributed by atoms with Crippen molar-refractivity contribution in [3.8, 4) is 0 Å². The highest BCUT2D eigenvalue weighted by Gasteiger charge is 2.27. The van der Waals surface area contributed by atoms with Gasteiger partial charge in [-0.25, -0.2) is 4.98 Å². The van der Waals surface area contributed by atoms with Crippen LogP contribution in [0.2, 0.25) is 0 Å². The van der Waals surface area contributed by atoms with Crippen molar-refractivity contribution in [1.82, 2.24) is 15.3 Å². The Balaban J connectivity index is 2.26. The van der Waals surface area contributed by atoms with Gasteiger partial charge in [-0.2, -0.15) is 13.2 Å². The van der Waals surface area contributed by atoms with E-state index in [2.05, 4.69) is 26.9 Å². The second kappa shape index (κ2) is 6.61. The molecule has 17 heavy (non-hydrogen) atoms. The van der Waals surface area contributed by atoms with Crippen molar-refractivity contribution >= 4 is 0 Å². The van der Waals surface area contributed by atoms with E-state index < -0.39 is 12.8 Å². The van der Waals surface area contributed by atoms with Gasteiger partial charge in [0, 0.05) is 18.4 Å². The SMILES string of the molecule is CCCNCc1cnc(COCC(F)(F)F)[nH]1. The molecule has 98 valence electrons. The van der Waals surface area contributed by atoms with E-state index >= 15 is 0 Å². The van der Waals surface area contributed by atoms with Crippen molar-refractivity contribution in [2.24, 2.45) is 0 Å². The van der Waals surface area contributed by atoms with E-state index in [1.165, 1.54) is 0 Å². The van der Waals surface area contributed by atoms with Gasteiger partial charge in [-0.3, -0.25) is 0 Å². The van der Waals surface area contributed by atoms with Crippen molar-refractivity contribution in [3.63, 3.8) is 0 Å². The smallest absolute Gasteiger partial charge is 0.364 e. The highest BCUT2D eigenvalue weighted by atomic mass is 19.4. The molecule has 0 saturated carbocycles. The molecule has 0 bridgehead atoms. The first-order chi connectivity index (χ1) is 8.01. The maximum atomic E-state index is 11.8. The van der Waals surface area contributed by atoms with Crippen LogP contribution in [0.5, 0.6) is 0 Å². The molecule has 1 aromatic heterocycles. The first-order valence-corrected chi connectivity index (χ1v) is 5.39. The van der Waals surface area contributed by atoms with Crippen molar-refractivity contribution in [2.75, 3.05) is 13.2 Å². The average Bonchev–Trinajstić information content (AvgIpc) is 2.64. The molecule has 0 radical (unpaired) electrons. The van der Waals surface area contributed by atoms with Crippen LogP contribution in [0.4, 0.5) is 13.2 Å². The maximum Gasteiger partial charge on any atom is 0.411 e. The molecule has 0 atom stereocenters. The molecule has 1 heterocycles. The minimum absolute atomic E-state index is 0.159. The standard InChI is InChI=1S/C10H16F3N3O/c1-2-3-14-4-8-5-15-9(16-8)6-17-7-10(11,12)13/h5,14H,2-4,6-7H2,1H3,(H,15,16). The summed E-state index contributed by atoms with van der Waals surface area (Å²) in [5, 5.41) is 3.15. The largest absolute Gasteiger partial charge is 0.411 e. The van der Waals surface area contributed by atoms with Gasteiger partial charge >= 0.3 is 6.18 Å². The van der Waals surface area contributed by atoms with Gasteiger partial charge in [-0.05, 0) is 13.0 Å². The number of nitrogens with one attached hydrogen (secondary N) is 2. The van der Waals surface area contributed by atoms with Crippen LogP contribution in [0.3, 0.4) is 0 Å². The van der Waals surface area contributed by atoms with Crippen LogP contribution in [0.1, 0.15) is 24.9 Å². The Morgan fingerprint density at radius 1 is 1.47 bits per heavy atom. The predicted octanol–water partition coefficient (Wildman–Crippen LogP) is 1.99. The third-order valence-electron chi connectivity index (χ3n) is 1.93. The molecular weight excluding hydrogens is 235 g/mol. The van der Waals surface area contributed by atoms with Gasteiger partial charge in [0.25, 0.3) is 0 Å². The topological polar surface area (TPSA) is 49.9 Å². The lowest BCUT2D eigenvalue weighted by atomic mass is 10.4. The maximum absolute atomic E-state index is 11.8. The van der Waals surface area contributed by atoms with Gasteiger partial charge in [-0.15, -0.1) is 0 Å². The molecule has 0 aliphatic heterocycles. The lowest BCUT2D eigenvalue weighted by Gasteiger charge is -2.05. The summed E-state index contributed by atoms with van der Waals surface area (Å²) in [5.74, 6) is 0.405. The zero-order valence-corrected chi connectivity index (χ0v) is 9.60. The number of alkyl halides is 3. The van der Waals surface area contributed by atoms with Crippen molar-refractivity contribution in [1.29, 1.82) is 0 Å². The molecule has 1 aromatic rings. The van der Waals surface area contributed by atoms with Gasteiger partial charge in [0.05, 0.1) is 0 Å². The first-order valence-electron chi connectivity index (χ1n) is 5.39. The normalized spacial score (nSPS) is 12.0. The predicted molar refractivity (Wildman–Crippen MR) is 56.3 cm³/mol. The van der Waals surface area contributed by atoms with Gasteiger partial charge in [-0.1, -0.05) is 6.92 Å². The summed E-state index contributed by atoms with van der Waals surface area (Å²) in [7, 11) is 0. The monoisotopic (exact) mass is 251 g/mol. The molecular formula is C10H16F3N3O. The van der Waals surface area contributed by atoms with Crippen LogP contribution in [0.25, 0.3) is 0 Å². The summed E-state index contributed by atoms with van der Waals surface area (Å²) < 4.78 is 39.9. The average molecular weight is 251 g/mol. The second-order valence-corrected chi connectivity index (χ2v) is 3.64. The van der Waals surface area contributed by atoms with Crippen molar-refractivity contribution < 1.29 is 17.9 Å². The summed E-state index contributed by atoms with van der Waals surface area (Å²) in [6, 6.07) is 0. The molecule has 0 unspecified atom stereocenters. The van der Waals surface area contributed by atoms with Gasteiger partial charge in [0.1, 0.15) is 19.0 Å². The zero-order valence-electron chi connectivity index (χ0n) is 9.60. The number of ether oxygens (including phenoxy) is 1. The molecule has 0 aromatic carbocycles. The van der Waals surface area contributed by atoms with Crippen LogP contribution in [0.15, 0.2) is 6.20 Å². The van der Waals surface area contributed by atoms with Crippen LogP contribution < -0.4 is 5.32 Å². The Kier molecular flexibility index (Phi) is 5.43. The van der Waals surface area contributed by atoms with E-state index in [0.717, 1.165) is 18.7 Å². The van der Waals surface area contributed by atoms with E-state index in [-0.39, 0.29) is 6.61 Å². The summed E-state index contributed by atoms with van der Waals surface area (Å²) in [6.45, 7) is 2.15. The number of halogens is 3. The van der Waals surface area contributed by atoms with Crippen LogP contribution in [-0.4, -0.2) is 29.3 Å². The summed E-state index contributed by atoms with van der Waals surface area (Å²) in [4.78, 5) is 6.82. The third-order valence-corrected chi connectivity index (χ3v) is 1.93. The van der Waals surface area contributed by atoms with Crippen LogP contribution in [0, 0.1) is 0 Å². The molecule has 0 aliphatic carbocycles. The van der Waals surface area contributed by atoms with Crippen LogP contribution in [-0.2, 0) is 17.9 Å². The quantitative estimate of drug-likeness (QED) is 0.729. The third kappa shape index (κ3) is 6.28. The first kappa shape index (κ1) is 14.0. The minimum Gasteiger partial charge on any atom is -0.364 e. The number of hydrogen-bond acceptors (Lipinski definition) is 3. The van der Waals surface area contributed by atoms with E-state index in [4.69, 9.17) is 0 Å². The summed E-state index contributed by atoms with van der Waals surface area (Å²) in [5.41, 5.74) is 0.837. The van der Waals surface area contributed by atoms with Gasteiger partial charge in [0.2, 0.25) is 0 Å². The highest BCUT2D eigenvalue weighted by molar-refractivity contribution is 5.00. The lowest BCUT2D eigenvalue weighted by Crippen LogP contribution is -2.17. The number of H-pyrrole nitrogens is 1. The van der Waals surface area contributed by atoms with E-state index in [1.54, 1.807) is 6.20 Å². The minimum atomic E-state index is -4.29. The number of hydrogen-bond donors (Lipinski definition) is 2. The molecule has 0 saturated heterocycles.